The highest BCUT2D eigenvalue weighted by atomic mass is 32.3. The first-order valence-electron chi connectivity index (χ1n) is 8.97. The largest absolute Gasteiger partial charge is 0.394 e. The molecule has 0 aromatic rings. The number of hydrogen-bond acceptors (Lipinski definition) is 3. The van der Waals surface area contributed by atoms with Gasteiger partial charge in [-0.1, -0.05) is 78.1 Å². The van der Waals surface area contributed by atoms with Crippen molar-refractivity contribution >= 4 is 10.4 Å². The fourth-order valence-electron chi connectivity index (χ4n) is 2.31. The molecule has 0 bridgehead atoms. The number of unbranched alkanes of at least 4 members (excludes halogenated alkanes) is 9. The molecule has 142 valence electrons. The highest BCUT2D eigenvalue weighted by Gasteiger charge is 2.19. The summed E-state index contributed by atoms with van der Waals surface area (Å²) >= 11 is 0. The SMILES string of the molecule is CCCCCCCCCCCCC(C)C(C)(C)N.O=S(=O)(O)O. The van der Waals surface area contributed by atoms with Crippen molar-refractivity contribution in [3.05, 3.63) is 0 Å². The van der Waals surface area contributed by atoms with Crippen LogP contribution in [0.15, 0.2) is 0 Å². The molecule has 0 saturated carbocycles. The van der Waals surface area contributed by atoms with Crippen molar-refractivity contribution in [2.45, 2.75) is 104 Å². The van der Waals surface area contributed by atoms with Crippen molar-refractivity contribution in [2.75, 3.05) is 0 Å². The normalized spacial score (nSPS) is 13.3. The fourth-order valence-corrected chi connectivity index (χ4v) is 2.31. The van der Waals surface area contributed by atoms with Gasteiger partial charge in [0, 0.05) is 5.54 Å². The molecule has 0 spiro atoms. The molecule has 0 aromatic heterocycles. The molecule has 0 aliphatic rings. The first-order valence-corrected chi connectivity index (χ1v) is 10.4. The van der Waals surface area contributed by atoms with Crippen LogP contribution in [-0.4, -0.2) is 23.1 Å². The van der Waals surface area contributed by atoms with Gasteiger partial charge in [-0.25, -0.2) is 0 Å². The molecule has 6 heteroatoms. The van der Waals surface area contributed by atoms with E-state index in [1.807, 2.05) is 0 Å². The van der Waals surface area contributed by atoms with E-state index in [1.54, 1.807) is 0 Å². The van der Waals surface area contributed by atoms with Gasteiger partial charge in [0.15, 0.2) is 0 Å². The lowest BCUT2D eigenvalue weighted by Gasteiger charge is -2.27. The first-order chi connectivity index (χ1) is 10.5. The molecule has 0 heterocycles. The van der Waals surface area contributed by atoms with Crippen LogP contribution in [-0.2, 0) is 10.4 Å². The predicted molar refractivity (Wildman–Crippen MR) is 98.1 cm³/mol. The molecule has 0 aliphatic carbocycles. The summed E-state index contributed by atoms with van der Waals surface area (Å²) in [6.45, 7) is 8.86. The minimum Gasteiger partial charge on any atom is -0.325 e. The maximum Gasteiger partial charge on any atom is 0.394 e. The molecule has 0 aromatic carbocycles. The average Bonchev–Trinajstić information content (AvgIpc) is 2.37. The second-order valence-corrected chi connectivity index (χ2v) is 8.04. The smallest absolute Gasteiger partial charge is 0.325 e. The number of rotatable bonds is 12. The van der Waals surface area contributed by atoms with Crippen LogP contribution in [0.1, 0.15) is 98.3 Å². The van der Waals surface area contributed by atoms with E-state index in [-0.39, 0.29) is 5.54 Å². The standard InChI is InChI=1S/C17H37N.H2O4S/c1-5-6-7-8-9-10-11-12-13-14-15-16(2)17(3,4)18;1-5(2,3)4/h16H,5-15,18H2,1-4H3;(H2,1,2,3,4). The Bertz CT molecular complexity index is 342. The van der Waals surface area contributed by atoms with Gasteiger partial charge in [0.05, 0.1) is 0 Å². The second-order valence-electron chi connectivity index (χ2n) is 7.14. The van der Waals surface area contributed by atoms with Crippen molar-refractivity contribution < 1.29 is 17.5 Å². The van der Waals surface area contributed by atoms with Gasteiger partial charge in [-0.3, -0.25) is 9.11 Å². The highest BCUT2D eigenvalue weighted by Crippen LogP contribution is 2.20. The molecule has 4 N–H and O–H groups in total. The van der Waals surface area contributed by atoms with Gasteiger partial charge in [-0.2, -0.15) is 8.42 Å². The molecular formula is C17H39NO4S. The third kappa shape index (κ3) is 27.0. The molecule has 23 heavy (non-hydrogen) atoms. The van der Waals surface area contributed by atoms with E-state index in [4.69, 9.17) is 23.3 Å². The van der Waals surface area contributed by atoms with Crippen LogP contribution >= 0.6 is 0 Å². The summed E-state index contributed by atoms with van der Waals surface area (Å²) in [6.07, 6.45) is 15.5. The van der Waals surface area contributed by atoms with Crippen molar-refractivity contribution in [1.29, 1.82) is 0 Å². The van der Waals surface area contributed by atoms with Crippen LogP contribution in [0, 0.1) is 5.92 Å². The topological polar surface area (TPSA) is 101 Å². The van der Waals surface area contributed by atoms with Gasteiger partial charge >= 0.3 is 10.4 Å². The number of nitrogens with two attached hydrogens (primary N) is 1. The molecule has 0 amide bonds. The summed E-state index contributed by atoms with van der Waals surface area (Å²) in [6, 6.07) is 0. The molecule has 1 unspecified atom stereocenters. The Morgan fingerprint density at radius 1 is 0.870 bits per heavy atom. The van der Waals surface area contributed by atoms with Gasteiger partial charge in [-0.15, -0.1) is 0 Å². The minimum absolute atomic E-state index is 0.000717. The van der Waals surface area contributed by atoms with E-state index in [0.29, 0.717) is 5.92 Å². The maximum absolute atomic E-state index is 8.74. The zero-order valence-electron chi connectivity index (χ0n) is 15.6. The zero-order chi connectivity index (χ0) is 18.4. The summed E-state index contributed by atoms with van der Waals surface area (Å²) in [5, 5.41) is 0. The Kier molecular flexibility index (Phi) is 15.5. The van der Waals surface area contributed by atoms with E-state index >= 15 is 0 Å². The molecule has 0 aliphatic heterocycles. The van der Waals surface area contributed by atoms with Gasteiger partial charge in [0.2, 0.25) is 0 Å². The molecule has 0 saturated heterocycles. The van der Waals surface area contributed by atoms with Crippen molar-refractivity contribution in [2.24, 2.45) is 11.7 Å². The lowest BCUT2D eigenvalue weighted by atomic mass is 9.86. The van der Waals surface area contributed by atoms with Gasteiger partial charge in [0.25, 0.3) is 0 Å². The van der Waals surface area contributed by atoms with Crippen molar-refractivity contribution in [3.8, 4) is 0 Å². The Morgan fingerprint density at radius 2 is 1.17 bits per heavy atom. The van der Waals surface area contributed by atoms with E-state index < -0.39 is 10.4 Å². The summed E-state index contributed by atoms with van der Waals surface area (Å²) in [5.74, 6) is 0.645. The molecule has 5 nitrogen and oxygen atoms in total. The Balaban J connectivity index is 0. The predicted octanol–water partition coefficient (Wildman–Crippen LogP) is 5.02. The van der Waals surface area contributed by atoms with Crippen LogP contribution in [0.3, 0.4) is 0 Å². The minimum atomic E-state index is -4.67. The van der Waals surface area contributed by atoms with Gasteiger partial charge in [-0.05, 0) is 26.2 Å². The summed E-state index contributed by atoms with van der Waals surface area (Å²) in [7, 11) is -4.67. The van der Waals surface area contributed by atoms with E-state index in [9.17, 15) is 0 Å². The number of hydrogen-bond donors (Lipinski definition) is 3. The third-order valence-electron chi connectivity index (χ3n) is 4.26. The molecular weight excluding hydrogens is 314 g/mol. The third-order valence-corrected chi connectivity index (χ3v) is 4.26. The fraction of sp³-hybridized carbons (Fsp3) is 1.00. The monoisotopic (exact) mass is 353 g/mol. The van der Waals surface area contributed by atoms with Crippen molar-refractivity contribution in [1.82, 2.24) is 0 Å². The zero-order valence-corrected chi connectivity index (χ0v) is 16.4. The lowest BCUT2D eigenvalue weighted by Crippen LogP contribution is -2.39. The van der Waals surface area contributed by atoms with E-state index in [0.717, 1.165) is 0 Å². The molecule has 1 atom stereocenters. The van der Waals surface area contributed by atoms with E-state index in [1.165, 1.54) is 70.6 Å². The molecule has 0 fully saturated rings. The maximum atomic E-state index is 8.74. The van der Waals surface area contributed by atoms with Crippen LogP contribution < -0.4 is 5.73 Å². The Hall–Kier alpha value is -0.170. The summed E-state index contributed by atoms with van der Waals surface area (Å²) in [5.41, 5.74) is 6.10. The van der Waals surface area contributed by atoms with Crippen LogP contribution in [0.4, 0.5) is 0 Å². The Labute approximate surface area is 144 Å². The Morgan fingerprint density at radius 3 is 1.48 bits per heavy atom. The van der Waals surface area contributed by atoms with Gasteiger partial charge < -0.3 is 5.73 Å². The average molecular weight is 354 g/mol. The lowest BCUT2D eigenvalue weighted by molar-refractivity contribution is 0.316. The van der Waals surface area contributed by atoms with Crippen LogP contribution in [0.2, 0.25) is 0 Å². The second kappa shape index (κ2) is 14.2. The first kappa shape index (κ1) is 25.1. The van der Waals surface area contributed by atoms with E-state index in [2.05, 4.69) is 27.7 Å². The van der Waals surface area contributed by atoms with Gasteiger partial charge in [0.1, 0.15) is 0 Å². The quantitative estimate of drug-likeness (QED) is 0.338. The summed E-state index contributed by atoms with van der Waals surface area (Å²) < 4.78 is 31.6. The molecule has 0 radical (unpaired) electrons. The van der Waals surface area contributed by atoms with Crippen LogP contribution in [0.25, 0.3) is 0 Å². The summed E-state index contributed by atoms with van der Waals surface area (Å²) in [4.78, 5) is 0. The molecule has 0 rings (SSSR count). The highest BCUT2D eigenvalue weighted by molar-refractivity contribution is 7.79. The van der Waals surface area contributed by atoms with Crippen LogP contribution in [0.5, 0.6) is 0 Å². The van der Waals surface area contributed by atoms with Crippen molar-refractivity contribution in [3.63, 3.8) is 0 Å².